The maximum atomic E-state index is 4.23. The van der Waals surface area contributed by atoms with Gasteiger partial charge in [-0.15, -0.1) is 0 Å². The van der Waals surface area contributed by atoms with Gasteiger partial charge < -0.3 is 15.5 Å². The second-order valence-corrected chi connectivity index (χ2v) is 5.18. The summed E-state index contributed by atoms with van der Waals surface area (Å²) in [6.07, 6.45) is 3.95. The predicted octanol–water partition coefficient (Wildman–Crippen LogP) is 0.596. The van der Waals surface area contributed by atoms with Crippen LogP contribution in [0.5, 0.6) is 0 Å². The van der Waals surface area contributed by atoms with Crippen molar-refractivity contribution in [3.63, 3.8) is 0 Å². The summed E-state index contributed by atoms with van der Waals surface area (Å²) in [4.78, 5) is 6.39. The van der Waals surface area contributed by atoms with Crippen molar-refractivity contribution >= 4 is 5.96 Å². The van der Waals surface area contributed by atoms with Gasteiger partial charge in [0.05, 0.1) is 12.2 Å². The van der Waals surface area contributed by atoms with Gasteiger partial charge in [0.15, 0.2) is 5.96 Å². The van der Waals surface area contributed by atoms with E-state index in [-0.39, 0.29) is 6.04 Å². The molecule has 0 amide bonds. The van der Waals surface area contributed by atoms with Crippen molar-refractivity contribution in [1.29, 1.82) is 0 Å². The summed E-state index contributed by atoms with van der Waals surface area (Å²) < 4.78 is 1.83. The predicted molar refractivity (Wildman–Crippen MR) is 79.3 cm³/mol. The first-order chi connectivity index (χ1) is 8.93. The van der Waals surface area contributed by atoms with Gasteiger partial charge in [-0.3, -0.25) is 9.67 Å². The fourth-order valence-electron chi connectivity index (χ4n) is 1.87. The van der Waals surface area contributed by atoms with Crippen LogP contribution >= 0.6 is 0 Å². The molecule has 2 N–H and O–H groups in total. The number of aliphatic imine (C=N–C) groups is 1. The number of likely N-dealkylation sites (N-methyl/N-ethyl adjacent to an activating group) is 1. The Hall–Kier alpha value is -1.56. The van der Waals surface area contributed by atoms with E-state index in [0.717, 1.165) is 12.5 Å². The molecule has 0 radical (unpaired) electrons. The average molecular weight is 266 g/mol. The van der Waals surface area contributed by atoms with E-state index < -0.39 is 0 Å². The van der Waals surface area contributed by atoms with E-state index in [0.29, 0.717) is 6.04 Å². The molecule has 0 saturated carbocycles. The third kappa shape index (κ3) is 4.90. The van der Waals surface area contributed by atoms with Gasteiger partial charge in [0.1, 0.15) is 0 Å². The van der Waals surface area contributed by atoms with Crippen molar-refractivity contribution in [2.45, 2.75) is 25.9 Å². The Bertz CT molecular complexity index is 407. The summed E-state index contributed by atoms with van der Waals surface area (Å²) in [6, 6.07) is 0.627. The third-order valence-electron chi connectivity index (χ3n) is 2.84. The van der Waals surface area contributed by atoms with Crippen molar-refractivity contribution in [2.24, 2.45) is 12.0 Å². The summed E-state index contributed by atoms with van der Waals surface area (Å²) in [7, 11) is 7.85. The highest BCUT2D eigenvalue weighted by Gasteiger charge is 2.16. The molecule has 6 heteroatoms. The molecule has 6 nitrogen and oxygen atoms in total. The van der Waals surface area contributed by atoms with Crippen LogP contribution in [0.15, 0.2) is 17.4 Å². The molecule has 1 aromatic rings. The van der Waals surface area contributed by atoms with Crippen LogP contribution in [0, 0.1) is 0 Å². The smallest absolute Gasteiger partial charge is 0.191 e. The van der Waals surface area contributed by atoms with Crippen LogP contribution < -0.4 is 10.6 Å². The molecular formula is C13H26N6. The number of hydrogen-bond acceptors (Lipinski definition) is 3. The summed E-state index contributed by atoms with van der Waals surface area (Å²) in [6.45, 7) is 4.97. The topological polar surface area (TPSA) is 57.5 Å². The molecule has 108 valence electrons. The molecule has 0 aliphatic heterocycles. The van der Waals surface area contributed by atoms with Crippen molar-refractivity contribution in [1.82, 2.24) is 25.3 Å². The molecule has 19 heavy (non-hydrogen) atoms. The standard InChI is InChI=1S/C13H26N6/c1-10(2)17-13(14-3)15-8-12(18(4)5)11-7-16-19(6)9-11/h7,9-10,12H,8H2,1-6H3,(H2,14,15,17). The van der Waals surface area contributed by atoms with Crippen LogP contribution in [-0.2, 0) is 7.05 Å². The van der Waals surface area contributed by atoms with E-state index >= 15 is 0 Å². The third-order valence-corrected chi connectivity index (χ3v) is 2.84. The number of nitrogens with zero attached hydrogens (tertiary/aromatic N) is 4. The van der Waals surface area contributed by atoms with Crippen LogP contribution in [0.3, 0.4) is 0 Å². The molecule has 1 atom stereocenters. The van der Waals surface area contributed by atoms with Gasteiger partial charge in [0.2, 0.25) is 0 Å². The monoisotopic (exact) mass is 266 g/mol. The lowest BCUT2D eigenvalue weighted by atomic mass is 10.1. The van der Waals surface area contributed by atoms with Gasteiger partial charge in [-0.25, -0.2) is 0 Å². The van der Waals surface area contributed by atoms with Crippen molar-refractivity contribution in [3.05, 3.63) is 18.0 Å². The molecule has 0 aliphatic carbocycles. The largest absolute Gasteiger partial charge is 0.354 e. The van der Waals surface area contributed by atoms with Crippen molar-refractivity contribution in [3.8, 4) is 0 Å². The molecular weight excluding hydrogens is 240 g/mol. The number of hydrogen-bond donors (Lipinski definition) is 2. The summed E-state index contributed by atoms with van der Waals surface area (Å²) >= 11 is 0. The first-order valence-electron chi connectivity index (χ1n) is 6.56. The van der Waals surface area contributed by atoms with E-state index in [4.69, 9.17) is 0 Å². The van der Waals surface area contributed by atoms with Crippen LogP contribution in [0.1, 0.15) is 25.5 Å². The quantitative estimate of drug-likeness (QED) is 0.605. The van der Waals surface area contributed by atoms with Crippen LogP contribution in [-0.4, -0.2) is 54.4 Å². The highest BCUT2D eigenvalue weighted by Crippen LogP contribution is 2.15. The second kappa shape index (κ2) is 7.13. The molecule has 0 spiro atoms. The van der Waals surface area contributed by atoms with Gasteiger partial charge in [-0.2, -0.15) is 5.10 Å². The molecule has 0 aliphatic rings. The molecule has 1 heterocycles. The number of aryl methyl sites for hydroxylation is 1. The molecule has 0 saturated heterocycles. The van der Waals surface area contributed by atoms with Crippen LogP contribution in [0.2, 0.25) is 0 Å². The van der Waals surface area contributed by atoms with E-state index in [1.54, 1.807) is 7.05 Å². The van der Waals surface area contributed by atoms with E-state index in [9.17, 15) is 0 Å². The Labute approximate surface area is 115 Å². The highest BCUT2D eigenvalue weighted by atomic mass is 15.3. The minimum Gasteiger partial charge on any atom is -0.354 e. The zero-order valence-electron chi connectivity index (χ0n) is 12.8. The van der Waals surface area contributed by atoms with Crippen LogP contribution in [0.25, 0.3) is 0 Å². The Morgan fingerprint density at radius 2 is 2.16 bits per heavy atom. The van der Waals surface area contributed by atoms with Gasteiger partial charge in [-0.1, -0.05) is 0 Å². The Kier molecular flexibility index (Phi) is 5.82. The number of rotatable bonds is 5. The van der Waals surface area contributed by atoms with Gasteiger partial charge in [0, 0.05) is 38.4 Å². The number of nitrogens with one attached hydrogen (secondary N) is 2. The number of aromatic nitrogens is 2. The maximum Gasteiger partial charge on any atom is 0.191 e. The highest BCUT2D eigenvalue weighted by molar-refractivity contribution is 5.79. The van der Waals surface area contributed by atoms with E-state index in [1.807, 2.05) is 24.1 Å². The molecule has 0 fully saturated rings. The summed E-state index contributed by atoms with van der Waals surface area (Å²) in [5.41, 5.74) is 1.19. The normalized spacial score (nSPS) is 14.0. The zero-order chi connectivity index (χ0) is 14.4. The Morgan fingerprint density at radius 3 is 2.58 bits per heavy atom. The van der Waals surface area contributed by atoms with Crippen molar-refractivity contribution in [2.75, 3.05) is 27.7 Å². The first kappa shape index (κ1) is 15.5. The lowest BCUT2D eigenvalue weighted by Crippen LogP contribution is -2.44. The molecule has 0 aromatic carbocycles. The SMILES string of the molecule is CN=C(NCC(c1cnn(C)c1)N(C)C)NC(C)C. The average Bonchev–Trinajstić information content (AvgIpc) is 2.73. The minimum absolute atomic E-state index is 0.263. The van der Waals surface area contributed by atoms with Gasteiger partial charge in [-0.05, 0) is 27.9 Å². The molecule has 1 unspecified atom stereocenters. The van der Waals surface area contributed by atoms with E-state index in [1.165, 1.54) is 5.56 Å². The number of guanidine groups is 1. The molecule has 1 aromatic heterocycles. The summed E-state index contributed by atoms with van der Waals surface area (Å²) in [5, 5.41) is 10.9. The lowest BCUT2D eigenvalue weighted by molar-refractivity contribution is 0.298. The first-order valence-corrected chi connectivity index (χ1v) is 6.56. The van der Waals surface area contributed by atoms with Gasteiger partial charge in [0.25, 0.3) is 0 Å². The van der Waals surface area contributed by atoms with Crippen molar-refractivity contribution < 1.29 is 0 Å². The van der Waals surface area contributed by atoms with E-state index in [2.05, 4.69) is 53.6 Å². The van der Waals surface area contributed by atoms with Crippen LogP contribution in [0.4, 0.5) is 0 Å². The Morgan fingerprint density at radius 1 is 1.47 bits per heavy atom. The summed E-state index contributed by atoms with van der Waals surface area (Å²) in [5.74, 6) is 0.825. The molecule has 1 rings (SSSR count). The second-order valence-electron chi connectivity index (χ2n) is 5.18. The lowest BCUT2D eigenvalue weighted by Gasteiger charge is -2.25. The maximum absolute atomic E-state index is 4.23. The fourth-order valence-corrected chi connectivity index (χ4v) is 1.87. The minimum atomic E-state index is 0.263. The zero-order valence-corrected chi connectivity index (χ0v) is 12.8. The molecule has 0 bridgehead atoms. The fraction of sp³-hybridized carbons (Fsp3) is 0.692. The van der Waals surface area contributed by atoms with Gasteiger partial charge >= 0.3 is 0 Å². The Balaban J connectivity index is 2.65.